The molecule has 0 bridgehead atoms. The highest BCUT2D eigenvalue weighted by Crippen LogP contribution is 2.01. The summed E-state index contributed by atoms with van der Waals surface area (Å²) in [6, 6.07) is 0. The van der Waals surface area contributed by atoms with Gasteiger partial charge in [0.2, 0.25) is 0 Å². The van der Waals surface area contributed by atoms with Gasteiger partial charge in [0.15, 0.2) is 0 Å². The van der Waals surface area contributed by atoms with Crippen LogP contribution in [0.4, 0.5) is 0 Å². The molecule has 0 saturated carbocycles. The van der Waals surface area contributed by atoms with Crippen molar-refractivity contribution in [1.29, 1.82) is 0 Å². The molecule has 0 unspecified atom stereocenters. The molecule has 70 valence electrons. The minimum Gasteiger partial charge on any atom is -0.375 e. The van der Waals surface area contributed by atoms with Crippen LogP contribution in [-0.2, 0) is 0 Å². The van der Waals surface area contributed by atoms with Gasteiger partial charge < -0.3 is 9.80 Å². The third-order valence-corrected chi connectivity index (χ3v) is 2.22. The van der Waals surface area contributed by atoms with Gasteiger partial charge in [-0.15, -0.1) is 0 Å². The molecule has 12 heavy (non-hydrogen) atoms. The summed E-state index contributed by atoms with van der Waals surface area (Å²) in [5.74, 6) is 0.671. The van der Waals surface area contributed by atoms with Crippen LogP contribution in [-0.4, -0.2) is 43.0 Å². The lowest BCUT2D eigenvalue weighted by atomic mass is 10.2. The van der Waals surface area contributed by atoms with Crippen LogP contribution in [0, 0.1) is 5.92 Å². The predicted molar refractivity (Wildman–Crippen MR) is 53.0 cm³/mol. The first-order valence-corrected chi connectivity index (χ1v) is 4.79. The Morgan fingerprint density at radius 1 is 1.08 bits per heavy atom. The normalized spacial score (nSPS) is 21.2. The molecular weight excluding hydrogens is 148 g/mol. The molecule has 1 aliphatic heterocycles. The van der Waals surface area contributed by atoms with Crippen molar-refractivity contribution in [2.24, 2.45) is 5.92 Å². The summed E-state index contributed by atoms with van der Waals surface area (Å²) in [7, 11) is 2.18. The van der Waals surface area contributed by atoms with E-state index >= 15 is 0 Å². The van der Waals surface area contributed by atoms with E-state index in [2.05, 4.69) is 43.0 Å². The van der Waals surface area contributed by atoms with Crippen molar-refractivity contribution in [3.63, 3.8) is 0 Å². The van der Waals surface area contributed by atoms with E-state index < -0.39 is 0 Å². The second-order valence-corrected chi connectivity index (χ2v) is 3.92. The number of rotatable bonds is 2. The maximum absolute atomic E-state index is 2.40. The molecule has 1 aliphatic rings. The van der Waals surface area contributed by atoms with Gasteiger partial charge in [0, 0.05) is 26.2 Å². The zero-order valence-corrected chi connectivity index (χ0v) is 8.45. The van der Waals surface area contributed by atoms with Crippen LogP contribution in [0.5, 0.6) is 0 Å². The van der Waals surface area contributed by atoms with Crippen LogP contribution in [0.2, 0.25) is 0 Å². The molecular formula is C10H20N2. The summed E-state index contributed by atoms with van der Waals surface area (Å²) in [6.07, 6.45) is 4.52. The average Bonchev–Trinajstić information content (AvgIpc) is 2.03. The van der Waals surface area contributed by atoms with Crippen LogP contribution < -0.4 is 0 Å². The zero-order valence-electron chi connectivity index (χ0n) is 8.45. The summed E-state index contributed by atoms with van der Waals surface area (Å²) >= 11 is 0. The van der Waals surface area contributed by atoms with Crippen molar-refractivity contribution < 1.29 is 0 Å². The average molecular weight is 168 g/mol. The minimum atomic E-state index is 0.671. The van der Waals surface area contributed by atoms with E-state index in [1.807, 2.05) is 0 Å². The number of hydrogen-bond acceptors (Lipinski definition) is 2. The summed E-state index contributed by atoms with van der Waals surface area (Å²) in [5, 5.41) is 0. The summed E-state index contributed by atoms with van der Waals surface area (Å²) in [4.78, 5) is 4.78. The minimum absolute atomic E-state index is 0.671. The Kier molecular flexibility index (Phi) is 3.60. The van der Waals surface area contributed by atoms with Crippen LogP contribution >= 0.6 is 0 Å². The fourth-order valence-electron chi connectivity index (χ4n) is 1.26. The first-order chi connectivity index (χ1) is 5.68. The summed E-state index contributed by atoms with van der Waals surface area (Å²) in [5.41, 5.74) is 0. The van der Waals surface area contributed by atoms with Crippen molar-refractivity contribution >= 4 is 0 Å². The highest BCUT2D eigenvalue weighted by molar-refractivity contribution is 4.87. The van der Waals surface area contributed by atoms with E-state index in [-0.39, 0.29) is 0 Å². The van der Waals surface area contributed by atoms with E-state index in [0.717, 1.165) is 0 Å². The topological polar surface area (TPSA) is 6.48 Å². The van der Waals surface area contributed by atoms with Crippen molar-refractivity contribution in [3.05, 3.63) is 12.3 Å². The smallest absolute Gasteiger partial charge is 0.0300 e. The SMILES string of the molecule is CC(C)C=CN1CCN(C)CC1. The molecule has 0 spiro atoms. The van der Waals surface area contributed by atoms with Gasteiger partial charge in [0.1, 0.15) is 0 Å². The Bertz CT molecular complexity index is 144. The largest absolute Gasteiger partial charge is 0.375 e. The zero-order chi connectivity index (χ0) is 8.97. The van der Waals surface area contributed by atoms with Crippen molar-refractivity contribution in [1.82, 2.24) is 9.80 Å². The lowest BCUT2D eigenvalue weighted by Gasteiger charge is -2.31. The third-order valence-electron chi connectivity index (χ3n) is 2.22. The lowest BCUT2D eigenvalue weighted by Crippen LogP contribution is -2.41. The highest BCUT2D eigenvalue weighted by atomic mass is 15.2. The summed E-state index contributed by atoms with van der Waals surface area (Å²) < 4.78 is 0. The van der Waals surface area contributed by atoms with Gasteiger partial charge in [-0.1, -0.05) is 19.9 Å². The van der Waals surface area contributed by atoms with Crippen molar-refractivity contribution in [2.45, 2.75) is 13.8 Å². The molecule has 2 nitrogen and oxygen atoms in total. The van der Waals surface area contributed by atoms with Gasteiger partial charge in [-0.25, -0.2) is 0 Å². The molecule has 0 aromatic carbocycles. The van der Waals surface area contributed by atoms with E-state index in [1.54, 1.807) is 0 Å². The maximum Gasteiger partial charge on any atom is 0.0300 e. The molecule has 1 fully saturated rings. The van der Waals surface area contributed by atoms with E-state index in [1.165, 1.54) is 26.2 Å². The third kappa shape index (κ3) is 3.26. The Morgan fingerprint density at radius 3 is 2.17 bits per heavy atom. The number of allylic oxidation sites excluding steroid dienone is 1. The molecule has 0 atom stereocenters. The van der Waals surface area contributed by atoms with Crippen molar-refractivity contribution in [2.75, 3.05) is 33.2 Å². The molecule has 0 radical (unpaired) electrons. The van der Waals surface area contributed by atoms with Gasteiger partial charge >= 0.3 is 0 Å². The number of nitrogens with zero attached hydrogens (tertiary/aromatic N) is 2. The Morgan fingerprint density at radius 2 is 1.67 bits per heavy atom. The Labute approximate surface area is 75.8 Å². The van der Waals surface area contributed by atoms with Gasteiger partial charge in [-0.3, -0.25) is 0 Å². The molecule has 1 rings (SSSR count). The van der Waals surface area contributed by atoms with E-state index in [0.29, 0.717) is 5.92 Å². The van der Waals surface area contributed by atoms with Crippen LogP contribution in [0.25, 0.3) is 0 Å². The van der Waals surface area contributed by atoms with Gasteiger partial charge in [0.05, 0.1) is 0 Å². The fourth-order valence-corrected chi connectivity index (χ4v) is 1.26. The van der Waals surface area contributed by atoms with Crippen LogP contribution in [0.1, 0.15) is 13.8 Å². The molecule has 2 heteroatoms. The van der Waals surface area contributed by atoms with Gasteiger partial charge in [-0.2, -0.15) is 0 Å². The molecule has 0 N–H and O–H groups in total. The van der Waals surface area contributed by atoms with Gasteiger partial charge in [0.25, 0.3) is 0 Å². The fraction of sp³-hybridized carbons (Fsp3) is 0.800. The maximum atomic E-state index is 2.40. The highest BCUT2D eigenvalue weighted by Gasteiger charge is 2.09. The molecule has 0 aromatic rings. The first-order valence-electron chi connectivity index (χ1n) is 4.79. The lowest BCUT2D eigenvalue weighted by molar-refractivity contribution is 0.198. The number of likely N-dealkylation sites (N-methyl/N-ethyl adjacent to an activating group) is 1. The first kappa shape index (κ1) is 9.59. The molecule has 0 aliphatic carbocycles. The second-order valence-electron chi connectivity index (χ2n) is 3.92. The quantitative estimate of drug-likeness (QED) is 0.615. The Balaban J connectivity index is 2.26. The second kappa shape index (κ2) is 4.51. The monoisotopic (exact) mass is 168 g/mol. The van der Waals surface area contributed by atoms with E-state index in [4.69, 9.17) is 0 Å². The standard InChI is InChI=1S/C10H20N2/c1-10(2)4-5-12-8-6-11(3)7-9-12/h4-5,10H,6-9H2,1-3H3. The molecule has 0 aromatic heterocycles. The predicted octanol–water partition coefficient (Wildman–Crippen LogP) is 1.40. The number of piperazine rings is 1. The van der Waals surface area contributed by atoms with Crippen LogP contribution in [0.3, 0.4) is 0 Å². The molecule has 1 saturated heterocycles. The van der Waals surface area contributed by atoms with Gasteiger partial charge in [-0.05, 0) is 19.2 Å². The number of hydrogen-bond donors (Lipinski definition) is 0. The summed E-state index contributed by atoms with van der Waals surface area (Å²) in [6.45, 7) is 9.18. The van der Waals surface area contributed by atoms with E-state index in [9.17, 15) is 0 Å². The molecule has 1 heterocycles. The van der Waals surface area contributed by atoms with Crippen LogP contribution in [0.15, 0.2) is 12.3 Å². The molecule has 0 amide bonds. The van der Waals surface area contributed by atoms with Crippen molar-refractivity contribution in [3.8, 4) is 0 Å². The Hall–Kier alpha value is -0.500.